The van der Waals surface area contributed by atoms with E-state index < -0.39 is 0 Å². The van der Waals surface area contributed by atoms with Crippen LogP contribution in [-0.4, -0.2) is 12.2 Å². The maximum atomic E-state index is 10.7. The van der Waals surface area contributed by atoms with E-state index in [1.165, 1.54) is 16.4 Å². The molecule has 1 unspecified atom stereocenters. The lowest BCUT2D eigenvalue weighted by molar-refractivity contribution is 0.365. The molecule has 2 rings (SSSR count). The van der Waals surface area contributed by atoms with Crippen LogP contribution in [0.25, 0.3) is 0 Å². The zero-order valence-corrected chi connectivity index (χ0v) is 16.8. The molecule has 4 heteroatoms. The number of hydrogen-bond acceptors (Lipinski definition) is 3. The van der Waals surface area contributed by atoms with E-state index in [2.05, 4.69) is 51.6 Å². The molecular formula is C20H27O2PS. The molecule has 1 N–H and O–H groups in total. The molecule has 0 amide bonds. The number of phenolic OH excluding ortho intramolecular Hbond substituents is 1. The SMILES string of the molecule is CCC(CC)(Pc1c(C)cccc1CS)c1cccc(OC)c1O. The van der Waals surface area contributed by atoms with Gasteiger partial charge in [0.1, 0.15) is 0 Å². The average molecular weight is 362 g/mol. The Kier molecular flexibility index (Phi) is 6.60. The van der Waals surface area contributed by atoms with Gasteiger partial charge in [0.2, 0.25) is 0 Å². The van der Waals surface area contributed by atoms with Crippen LogP contribution in [0.5, 0.6) is 11.5 Å². The smallest absolute Gasteiger partial charge is 0.161 e. The van der Waals surface area contributed by atoms with Crippen LogP contribution in [-0.2, 0) is 10.9 Å². The van der Waals surface area contributed by atoms with Crippen molar-refractivity contribution in [1.82, 2.24) is 0 Å². The van der Waals surface area contributed by atoms with Gasteiger partial charge in [0.25, 0.3) is 0 Å². The highest BCUT2D eigenvalue weighted by molar-refractivity contribution is 7.79. The van der Waals surface area contributed by atoms with E-state index in [1.54, 1.807) is 7.11 Å². The Morgan fingerprint density at radius 2 is 1.79 bits per heavy atom. The third-order valence-electron chi connectivity index (χ3n) is 4.84. The van der Waals surface area contributed by atoms with Gasteiger partial charge >= 0.3 is 0 Å². The molecule has 24 heavy (non-hydrogen) atoms. The van der Waals surface area contributed by atoms with Crippen molar-refractivity contribution < 1.29 is 9.84 Å². The zero-order valence-electron chi connectivity index (χ0n) is 14.9. The van der Waals surface area contributed by atoms with Crippen molar-refractivity contribution in [3.63, 3.8) is 0 Å². The summed E-state index contributed by atoms with van der Waals surface area (Å²) in [6.45, 7) is 6.57. The van der Waals surface area contributed by atoms with E-state index in [0.29, 0.717) is 14.3 Å². The number of para-hydroxylation sites is 1. The van der Waals surface area contributed by atoms with Crippen LogP contribution in [0.15, 0.2) is 36.4 Å². The molecule has 0 fully saturated rings. The lowest BCUT2D eigenvalue weighted by Crippen LogP contribution is -2.24. The van der Waals surface area contributed by atoms with E-state index in [0.717, 1.165) is 24.2 Å². The first-order valence-electron chi connectivity index (χ1n) is 8.37. The lowest BCUT2D eigenvalue weighted by atomic mass is 9.91. The number of methoxy groups -OCH3 is 1. The molecule has 0 saturated carbocycles. The van der Waals surface area contributed by atoms with Gasteiger partial charge in [-0.3, -0.25) is 0 Å². The van der Waals surface area contributed by atoms with Gasteiger partial charge in [-0.1, -0.05) is 52.8 Å². The van der Waals surface area contributed by atoms with Gasteiger partial charge in [-0.15, -0.1) is 0 Å². The first-order chi connectivity index (χ1) is 11.5. The fourth-order valence-electron chi connectivity index (χ4n) is 3.23. The van der Waals surface area contributed by atoms with E-state index in [4.69, 9.17) is 4.74 Å². The highest BCUT2D eigenvalue weighted by Crippen LogP contribution is 2.52. The summed E-state index contributed by atoms with van der Waals surface area (Å²) >= 11 is 4.51. The van der Waals surface area contributed by atoms with Crippen molar-refractivity contribution in [2.24, 2.45) is 0 Å². The summed E-state index contributed by atoms with van der Waals surface area (Å²) in [7, 11) is 2.18. The second-order valence-electron chi connectivity index (χ2n) is 6.04. The van der Waals surface area contributed by atoms with Crippen LogP contribution in [0.2, 0.25) is 0 Å². The van der Waals surface area contributed by atoms with E-state index in [9.17, 15) is 5.11 Å². The molecule has 0 saturated heterocycles. The molecule has 130 valence electrons. The van der Waals surface area contributed by atoms with Gasteiger partial charge in [-0.2, -0.15) is 12.6 Å². The normalized spacial score (nSPS) is 12.0. The summed E-state index contributed by atoms with van der Waals surface area (Å²) in [5.74, 6) is 1.55. The third kappa shape index (κ3) is 3.58. The maximum Gasteiger partial charge on any atom is 0.161 e. The van der Waals surface area contributed by atoms with Crippen molar-refractivity contribution in [3.8, 4) is 11.5 Å². The summed E-state index contributed by atoms with van der Waals surface area (Å²) in [6, 6.07) is 12.2. The van der Waals surface area contributed by atoms with Gasteiger partial charge in [-0.25, -0.2) is 0 Å². The Labute approximate surface area is 152 Å². The highest BCUT2D eigenvalue weighted by atomic mass is 32.1. The maximum absolute atomic E-state index is 10.7. The third-order valence-corrected chi connectivity index (χ3v) is 7.60. The zero-order chi connectivity index (χ0) is 17.7. The minimum atomic E-state index is -0.0948. The lowest BCUT2D eigenvalue weighted by Gasteiger charge is -2.34. The summed E-state index contributed by atoms with van der Waals surface area (Å²) in [5.41, 5.74) is 3.57. The predicted molar refractivity (Wildman–Crippen MR) is 109 cm³/mol. The molecule has 2 aromatic rings. The van der Waals surface area contributed by atoms with Gasteiger partial charge in [0.05, 0.1) is 7.11 Å². The number of aromatic hydroxyl groups is 1. The van der Waals surface area contributed by atoms with Gasteiger partial charge in [0.15, 0.2) is 11.5 Å². The van der Waals surface area contributed by atoms with Crippen LogP contribution in [0.4, 0.5) is 0 Å². The summed E-state index contributed by atoms with van der Waals surface area (Å²) < 4.78 is 5.33. The van der Waals surface area contributed by atoms with Crippen LogP contribution in [0.1, 0.15) is 43.4 Å². The molecule has 0 radical (unpaired) electrons. The molecule has 0 heterocycles. The molecule has 0 bridgehead atoms. The standard InChI is InChI=1S/C20H27O2PS/c1-5-20(6-2,16-11-8-12-17(22-4)18(16)21)23-19-14(3)9-7-10-15(19)13-24/h7-12,21,23-24H,5-6,13H2,1-4H3. The summed E-state index contributed by atoms with van der Waals surface area (Å²) in [4.78, 5) is 0. The highest BCUT2D eigenvalue weighted by Gasteiger charge is 2.33. The van der Waals surface area contributed by atoms with E-state index in [1.807, 2.05) is 18.2 Å². The number of aryl methyl sites for hydroxylation is 1. The minimum Gasteiger partial charge on any atom is -0.504 e. The molecule has 2 nitrogen and oxygen atoms in total. The molecule has 0 aliphatic heterocycles. The number of hydrogen-bond donors (Lipinski definition) is 2. The van der Waals surface area contributed by atoms with Crippen molar-refractivity contribution >= 4 is 26.5 Å². The molecule has 0 spiro atoms. The van der Waals surface area contributed by atoms with E-state index >= 15 is 0 Å². The summed E-state index contributed by atoms with van der Waals surface area (Å²) in [6.07, 6.45) is 1.92. The Bertz CT molecular complexity index is 696. The Morgan fingerprint density at radius 3 is 2.38 bits per heavy atom. The molecular weight excluding hydrogens is 335 g/mol. The fourth-order valence-corrected chi connectivity index (χ4v) is 5.42. The second kappa shape index (κ2) is 8.27. The van der Waals surface area contributed by atoms with Crippen LogP contribution in [0.3, 0.4) is 0 Å². The van der Waals surface area contributed by atoms with Crippen molar-refractivity contribution in [1.29, 1.82) is 0 Å². The van der Waals surface area contributed by atoms with Crippen LogP contribution in [0, 0.1) is 6.92 Å². The first-order valence-corrected chi connectivity index (χ1v) is 10.00. The second-order valence-corrected chi connectivity index (χ2v) is 8.06. The topological polar surface area (TPSA) is 29.5 Å². The van der Waals surface area contributed by atoms with Gasteiger partial charge in [-0.05, 0) is 42.3 Å². The molecule has 0 aliphatic rings. The summed E-state index contributed by atoms with van der Waals surface area (Å²) in [5, 5.41) is 12.0. The molecule has 1 atom stereocenters. The van der Waals surface area contributed by atoms with Gasteiger partial charge in [0, 0.05) is 16.5 Å². The van der Waals surface area contributed by atoms with Crippen molar-refractivity contribution in [3.05, 3.63) is 53.1 Å². The number of thiol groups is 1. The minimum absolute atomic E-state index is 0.0948. The Hall–Kier alpha value is -1.18. The average Bonchev–Trinajstić information content (AvgIpc) is 2.61. The number of ether oxygens (including phenoxy) is 1. The Morgan fingerprint density at radius 1 is 1.12 bits per heavy atom. The number of benzene rings is 2. The van der Waals surface area contributed by atoms with Crippen LogP contribution >= 0.6 is 21.2 Å². The van der Waals surface area contributed by atoms with Gasteiger partial charge < -0.3 is 9.84 Å². The van der Waals surface area contributed by atoms with E-state index in [-0.39, 0.29) is 10.9 Å². The quantitative estimate of drug-likeness (QED) is 0.526. The molecule has 0 aliphatic carbocycles. The number of rotatable bonds is 7. The Balaban J connectivity index is 2.58. The fraction of sp³-hybridized carbons (Fsp3) is 0.400. The van der Waals surface area contributed by atoms with Crippen molar-refractivity contribution in [2.75, 3.05) is 7.11 Å². The van der Waals surface area contributed by atoms with Crippen LogP contribution < -0.4 is 10.0 Å². The number of phenols is 1. The monoisotopic (exact) mass is 362 g/mol. The predicted octanol–water partition coefficient (Wildman–Crippen LogP) is 5.16. The van der Waals surface area contributed by atoms with Crippen molar-refractivity contribution in [2.45, 2.75) is 44.5 Å². The first kappa shape index (κ1) is 19.1. The largest absolute Gasteiger partial charge is 0.504 e. The molecule has 2 aromatic carbocycles. The molecule has 0 aromatic heterocycles.